The summed E-state index contributed by atoms with van der Waals surface area (Å²) in [6.45, 7) is 17.8. The van der Waals surface area contributed by atoms with Gasteiger partial charge in [-0.05, 0) is 44.1 Å². The number of likely N-dealkylation sites (N-methyl/N-ethyl adjacent to an activating group) is 1. The molecule has 0 saturated carbocycles. The first kappa shape index (κ1) is 29.8. The number of carbonyl (C=O) groups excluding carboxylic acids is 1. The Bertz CT molecular complexity index is 1280. The third-order valence-corrected chi connectivity index (χ3v) is 5.75. The number of benzene rings is 1. The molecule has 0 atom stereocenters. The number of aromatic nitrogens is 1. The number of nitrogens with zero attached hydrogens (tertiary/aromatic N) is 3. The second kappa shape index (κ2) is 15.0. The van der Waals surface area contributed by atoms with Gasteiger partial charge in [-0.1, -0.05) is 80.4 Å². The number of nitrogens with one attached hydrogen (secondary N) is 1. The van der Waals surface area contributed by atoms with Crippen LogP contribution in [-0.4, -0.2) is 44.0 Å². The van der Waals surface area contributed by atoms with Crippen LogP contribution in [0.1, 0.15) is 35.5 Å². The average Bonchev–Trinajstić information content (AvgIpc) is 2.92. The van der Waals surface area contributed by atoms with Crippen molar-refractivity contribution < 1.29 is 9.53 Å². The van der Waals surface area contributed by atoms with Gasteiger partial charge in [-0.3, -0.25) is 4.99 Å². The van der Waals surface area contributed by atoms with E-state index in [1.165, 1.54) is 0 Å². The standard InChI is InChI=1S/C32H38N4O2/c1-9-17-24(12-4)22-34-30(33-7)29-28(25-20-15-14-16-21-25)27(32(37)38-13-5)23(6)35-31(29)36(8)26(18-10-2)19-11-3/h9-12,14-21H,1-2,4,13,22H2,3,5-8H3,(H,33,34)/b19-11-,24-17+,26-18+. The summed E-state index contributed by atoms with van der Waals surface area (Å²) in [5.74, 6) is 0.761. The summed E-state index contributed by atoms with van der Waals surface area (Å²) in [4.78, 5) is 24.9. The van der Waals surface area contributed by atoms with E-state index < -0.39 is 5.97 Å². The summed E-state index contributed by atoms with van der Waals surface area (Å²) < 4.78 is 5.49. The lowest BCUT2D eigenvalue weighted by Crippen LogP contribution is -2.31. The molecule has 0 fully saturated rings. The van der Waals surface area contributed by atoms with Crippen LogP contribution in [0.3, 0.4) is 0 Å². The fourth-order valence-corrected chi connectivity index (χ4v) is 4.01. The first-order chi connectivity index (χ1) is 18.4. The average molecular weight is 511 g/mol. The van der Waals surface area contributed by atoms with Crippen molar-refractivity contribution in [1.82, 2.24) is 10.3 Å². The highest BCUT2D eigenvalue weighted by atomic mass is 16.5. The molecule has 0 aliphatic heterocycles. The lowest BCUT2D eigenvalue weighted by atomic mass is 9.92. The van der Waals surface area contributed by atoms with Crippen molar-refractivity contribution in [3.05, 3.63) is 121 Å². The zero-order valence-corrected chi connectivity index (χ0v) is 23.1. The van der Waals surface area contributed by atoms with Crippen molar-refractivity contribution in [2.75, 3.05) is 32.1 Å². The molecular formula is C32H38N4O2. The highest BCUT2D eigenvalue weighted by Crippen LogP contribution is 2.36. The fourth-order valence-electron chi connectivity index (χ4n) is 4.01. The Hall–Kier alpha value is -4.45. The molecule has 0 bridgehead atoms. The molecule has 1 heterocycles. The Balaban J connectivity index is 3.02. The molecule has 2 rings (SSSR count). The van der Waals surface area contributed by atoms with E-state index in [2.05, 4.69) is 30.0 Å². The van der Waals surface area contributed by atoms with Crippen LogP contribution in [0.4, 0.5) is 5.82 Å². The van der Waals surface area contributed by atoms with E-state index in [0.29, 0.717) is 40.6 Å². The molecule has 6 heteroatoms. The predicted octanol–water partition coefficient (Wildman–Crippen LogP) is 6.58. The summed E-state index contributed by atoms with van der Waals surface area (Å²) in [6.07, 6.45) is 12.9. The topological polar surface area (TPSA) is 66.8 Å². The van der Waals surface area contributed by atoms with Gasteiger partial charge in [-0.25, -0.2) is 9.78 Å². The summed E-state index contributed by atoms with van der Waals surface area (Å²) in [7, 11) is 3.64. The van der Waals surface area contributed by atoms with Gasteiger partial charge in [0.1, 0.15) is 11.7 Å². The minimum atomic E-state index is -0.434. The second-order valence-electron chi connectivity index (χ2n) is 8.23. The van der Waals surface area contributed by atoms with Gasteiger partial charge >= 0.3 is 5.97 Å². The quantitative estimate of drug-likeness (QED) is 0.151. The fraction of sp³-hybridized carbons (Fsp3) is 0.219. The number of rotatable bonds is 12. The molecule has 0 aliphatic rings. The summed E-state index contributed by atoms with van der Waals surface area (Å²) in [5, 5.41) is 3.43. The number of aliphatic imine (C=N–C) groups is 1. The van der Waals surface area contributed by atoms with Gasteiger partial charge in [0.15, 0.2) is 0 Å². The van der Waals surface area contributed by atoms with Crippen molar-refractivity contribution in [2.24, 2.45) is 4.99 Å². The minimum Gasteiger partial charge on any atom is -0.462 e. The number of hydrogen-bond acceptors (Lipinski definition) is 5. The number of pyridine rings is 1. The van der Waals surface area contributed by atoms with Crippen LogP contribution in [0.2, 0.25) is 0 Å². The van der Waals surface area contributed by atoms with Crippen molar-refractivity contribution in [3.63, 3.8) is 0 Å². The third-order valence-electron chi connectivity index (χ3n) is 5.75. The van der Waals surface area contributed by atoms with Gasteiger partial charge < -0.3 is 15.0 Å². The largest absolute Gasteiger partial charge is 0.462 e. The number of amidine groups is 1. The Kier molecular flexibility index (Phi) is 11.7. The Labute approximate surface area is 227 Å². The van der Waals surface area contributed by atoms with Crippen molar-refractivity contribution >= 4 is 17.6 Å². The number of esters is 1. The molecule has 0 radical (unpaired) electrons. The van der Waals surface area contributed by atoms with Crippen LogP contribution in [0.5, 0.6) is 0 Å². The van der Waals surface area contributed by atoms with Crippen LogP contribution in [-0.2, 0) is 4.74 Å². The predicted molar refractivity (Wildman–Crippen MR) is 161 cm³/mol. The van der Waals surface area contributed by atoms with Crippen LogP contribution < -0.4 is 10.2 Å². The molecule has 0 saturated heterocycles. The van der Waals surface area contributed by atoms with Gasteiger partial charge in [0.2, 0.25) is 0 Å². The van der Waals surface area contributed by atoms with E-state index in [4.69, 9.17) is 9.72 Å². The molecule has 198 valence electrons. The normalized spacial score (nSPS) is 12.3. The van der Waals surface area contributed by atoms with Crippen LogP contribution >= 0.6 is 0 Å². The summed E-state index contributed by atoms with van der Waals surface area (Å²) in [6, 6.07) is 9.76. The van der Waals surface area contributed by atoms with Crippen molar-refractivity contribution in [2.45, 2.75) is 20.8 Å². The molecule has 0 amide bonds. The van der Waals surface area contributed by atoms with Gasteiger partial charge in [0, 0.05) is 31.9 Å². The number of ether oxygens (including phenoxy) is 1. The zero-order valence-electron chi connectivity index (χ0n) is 23.1. The van der Waals surface area contributed by atoms with E-state index in [-0.39, 0.29) is 6.61 Å². The summed E-state index contributed by atoms with van der Waals surface area (Å²) >= 11 is 0. The minimum absolute atomic E-state index is 0.249. The van der Waals surface area contributed by atoms with Crippen molar-refractivity contribution in [3.8, 4) is 11.1 Å². The molecule has 0 spiro atoms. The highest BCUT2D eigenvalue weighted by molar-refractivity contribution is 6.13. The lowest BCUT2D eigenvalue weighted by Gasteiger charge is -2.27. The molecular weight excluding hydrogens is 472 g/mol. The monoisotopic (exact) mass is 510 g/mol. The van der Waals surface area contributed by atoms with Crippen molar-refractivity contribution in [1.29, 1.82) is 0 Å². The smallest absolute Gasteiger partial charge is 0.340 e. The molecule has 1 N–H and O–H groups in total. The molecule has 1 aromatic heterocycles. The third kappa shape index (κ3) is 7.07. The number of hydrogen-bond donors (Lipinski definition) is 1. The molecule has 38 heavy (non-hydrogen) atoms. The molecule has 0 unspecified atom stereocenters. The van der Waals surface area contributed by atoms with Gasteiger partial charge in [0.25, 0.3) is 0 Å². The Morgan fingerprint density at radius 2 is 1.82 bits per heavy atom. The molecule has 2 aromatic rings. The van der Waals surface area contributed by atoms with Gasteiger partial charge in [-0.15, -0.1) is 0 Å². The number of allylic oxidation sites excluding steroid dienone is 6. The SMILES string of the molecule is C=C/C=C(\C=C)CNC(=NC)c1c(N(C)C(/C=C\C)=C/C=C)nc(C)c(C(=O)OCC)c1-c1ccccc1. The highest BCUT2D eigenvalue weighted by Gasteiger charge is 2.29. The van der Waals surface area contributed by atoms with E-state index >= 15 is 0 Å². The second-order valence-corrected chi connectivity index (χ2v) is 8.23. The maximum atomic E-state index is 13.3. The van der Waals surface area contributed by atoms with Crippen LogP contribution in [0.15, 0.2) is 109 Å². The lowest BCUT2D eigenvalue weighted by molar-refractivity contribution is 0.0526. The number of aryl methyl sites for hydroxylation is 1. The van der Waals surface area contributed by atoms with Gasteiger partial charge in [0.05, 0.1) is 23.4 Å². The van der Waals surface area contributed by atoms with E-state index in [1.54, 1.807) is 32.2 Å². The number of carbonyl (C=O) groups is 1. The first-order valence-corrected chi connectivity index (χ1v) is 12.5. The zero-order chi connectivity index (χ0) is 28.1. The van der Waals surface area contributed by atoms with Crippen LogP contribution in [0, 0.1) is 6.92 Å². The molecule has 0 aliphatic carbocycles. The van der Waals surface area contributed by atoms with E-state index in [0.717, 1.165) is 16.8 Å². The first-order valence-electron chi connectivity index (χ1n) is 12.5. The Morgan fingerprint density at radius 3 is 2.37 bits per heavy atom. The maximum Gasteiger partial charge on any atom is 0.340 e. The number of anilines is 1. The molecule has 1 aromatic carbocycles. The maximum absolute atomic E-state index is 13.3. The van der Waals surface area contributed by atoms with E-state index in [1.807, 2.05) is 80.4 Å². The van der Waals surface area contributed by atoms with E-state index in [9.17, 15) is 4.79 Å². The van der Waals surface area contributed by atoms with Crippen LogP contribution in [0.25, 0.3) is 11.1 Å². The molecule has 6 nitrogen and oxygen atoms in total. The van der Waals surface area contributed by atoms with Gasteiger partial charge in [-0.2, -0.15) is 0 Å². The Morgan fingerprint density at radius 1 is 1.13 bits per heavy atom. The summed E-state index contributed by atoms with van der Waals surface area (Å²) in [5.41, 5.74) is 4.98.